The van der Waals surface area contributed by atoms with Gasteiger partial charge in [0.15, 0.2) is 0 Å². The molecule has 0 spiro atoms. The van der Waals surface area contributed by atoms with Gasteiger partial charge >= 0.3 is 0 Å². The lowest BCUT2D eigenvalue weighted by molar-refractivity contribution is 0.163. The van der Waals surface area contributed by atoms with E-state index in [4.69, 9.17) is 0 Å². The maximum absolute atomic E-state index is 9.60. The average molecular weight is 278 g/mol. The van der Waals surface area contributed by atoms with Crippen LogP contribution in [0.2, 0.25) is 0 Å². The Morgan fingerprint density at radius 3 is 3.08 bits per heavy atom. The van der Waals surface area contributed by atoms with Crippen molar-refractivity contribution >= 4 is 22.6 Å². The Bertz CT molecular complexity index is 259. The number of allylic oxidation sites excluding steroid dienone is 1. The molecule has 0 bridgehead atoms. The Kier molecular flexibility index (Phi) is 3.74. The molecular weight excluding hydrogens is 267 g/mol. The maximum Gasteiger partial charge on any atom is 0.124 e. The first-order valence-corrected chi connectivity index (χ1v) is 4.81. The molecule has 0 aliphatic rings. The van der Waals surface area contributed by atoms with Crippen LogP contribution in [0, 0.1) is 3.70 Å². The molecule has 12 heavy (non-hydrogen) atoms. The van der Waals surface area contributed by atoms with Crippen LogP contribution >= 0.6 is 22.6 Å². The third-order valence-corrected chi connectivity index (χ3v) is 2.46. The maximum atomic E-state index is 9.60. The van der Waals surface area contributed by atoms with Crippen molar-refractivity contribution in [3.8, 4) is 0 Å². The molecule has 0 aliphatic heterocycles. The molecule has 66 valence electrons. The molecule has 1 heterocycles. The summed E-state index contributed by atoms with van der Waals surface area (Å²) in [6.07, 6.45) is 4.45. The fourth-order valence-electron chi connectivity index (χ4n) is 0.941. The highest BCUT2D eigenvalue weighted by Gasteiger charge is 2.11. The van der Waals surface area contributed by atoms with E-state index in [2.05, 4.69) is 39.1 Å². The number of aliphatic hydroxyl groups excluding tert-OH is 1. The van der Waals surface area contributed by atoms with E-state index in [9.17, 15) is 5.11 Å². The number of hydrogen-bond acceptors (Lipinski definition) is 2. The minimum Gasteiger partial charge on any atom is -0.387 e. The van der Waals surface area contributed by atoms with Crippen molar-refractivity contribution in [1.29, 1.82) is 0 Å². The molecule has 0 saturated carbocycles. The second-order valence-electron chi connectivity index (χ2n) is 2.49. The normalized spacial score (nSPS) is 12.8. The summed E-state index contributed by atoms with van der Waals surface area (Å²) >= 11 is 2.09. The van der Waals surface area contributed by atoms with Crippen LogP contribution < -0.4 is 0 Å². The predicted molar refractivity (Wildman–Crippen MR) is 55.7 cm³/mol. The number of hydrogen-bond donors (Lipinski definition) is 2. The molecule has 2 N–H and O–H groups in total. The molecule has 0 aromatic carbocycles. The van der Waals surface area contributed by atoms with Crippen LogP contribution in [0.5, 0.6) is 0 Å². The van der Waals surface area contributed by atoms with E-state index in [1.165, 1.54) is 0 Å². The van der Waals surface area contributed by atoms with Crippen LogP contribution in [-0.4, -0.2) is 15.1 Å². The standard InChI is InChI=1S/C8H11IN2O/c1-2-3-4-6(12)7-8(9)11-5-10-7/h2,5-6,12H,1,3-4H2,(H,10,11)/t6-/m0/s1. The zero-order valence-corrected chi connectivity index (χ0v) is 8.78. The van der Waals surface area contributed by atoms with Crippen LogP contribution in [0.4, 0.5) is 0 Å². The molecule has 1 aromatic heterocycles. The minimum absolute atomic E-state index is 0.447. The zero-order valence-electron chi connectivity index (χ0n) is 6.63. The van der Waals surface area contributed by atoms with Crippen LogP contribution in [0.25, 0.3) is 0 Å². The van der Waals surface area contributed by atoms with E-state index >= 15 is 0 Å². The Morgan fingerprint density at radius 2 is 2.58 bits per heavy atom. The topological polar surface area (TPSA) is 48.9 Å². The van der Waals surface area contributed by atoms with E-state index < -0.39 is 6.10 Å². The van der Waals surface area contributed by atoms with Crippen LogP contribution in [0.1, 0.15) is 24.6 Å². The van der Waals surface area contributed by atoms with Gasteiger partial charge in [0.25, 0.3) is 0 Å². The van der Waals surface area contributed by atoms with Crippen molar-refractivity contribution in [2.45, 2.75) is 18.9 Å². The molecule has 0 fully saturated rings. The summed E-state index contributed by atoms with van der Waals surface area (Å²) in [5.74, 6) is 0. The van der Waals surface area contributed by atoms with Gasteiger partial charge in [-0.05, 0) is 35.4 Å². The molecule has 0 amide bonds. The number of aromatic nitrogens is 2. The van der Waals surface area contributed by atoms with Crippen molar-refractivity contribution in [3.05, 3.63) is 28.4 Å². The highest BCUT2D eigenvalue weighted by Crippen LogP contribution is 2.19. The Morgan fingerprint density at radius 1 is 1.83 bits per heavy atom. The summed E-state index contributed by atoms with van der Waals surface area (Å²) in [5, 5.41) is 9.60. The summed E-state index contributed by atoms with van der Waals surface area (Å²) in [6, 6.07) is 0. The quantitative estimate of drug-likeness (QED) is 0.654. The Hall–Kier alpha value is -0.360. The second-order valence-corrected chi connectivity index (χ2v) is 3.51. The summed E-state index contributed by atoms with van der Waals surface area (Å²) in [5.41, 5.74) is 0.803. The van der Waals surface area contributed by atoms with E-state index in [1.54, 1.807) is 12.4 Å². The highest BCUT2D eigenvalue weighted by molar-refractivity contribution is 14.1. The fraction of sp³-hybridized carbons (Fsp3) is 0.375. The van der Waals surface area contributed by atoms with Gasteiger partial charge in [-0.1, -0.05) is 6.08 Å². The smallest absolute Gasteiger partial charge is 0.124 e. The lowest BCUT2D eigenvalue weighted by atomic mass is 10.1. The molecule has 1 rings (SSSR count). The highest BCUT2D eigenvalue weighted by atomic mass is 127. The van der Waals surface area contributed by atoms with E-state index in [1.807, 2.05) is 0 Å². The van der Waals surface area contributed by atoms with Gasteiger partial charge in [0.1, 0.15) is 3.70 Å². The van der Waals surface area contributed by atoms with Gasteiger partial charge in [0.2, 0.25) is 0 Å². The van der Waals surface area contributed by atoms with Gasteiger partial charge in [0.05, 0.1) is 18.1 Å². The number of halogens is 1. The van der Waals surface area contributed by atoms with Gasteiger partial charge in [-0.2, -0.15) is 0 Å². The first-order valence-electron chi connectivity index (χ1n) is 3.73. The predicted octanol–water partition coefficient (Wildman–Crippen LogP) is 2.01. The molecule has 1 atom stereocenters. The van der Waals surface area contributed by atoms with Gasteiger partial charge in [-0.25, -0.2) is 4.98 Å². The first kappa shape index (κ1) is 9.73. The average Bonchev–Trinajstić information content (AvgIpc) is 2.47. The molecule has 1 aromatic rings. The largest absolute Gasteiger partial charge is 0.387 e. The summed E-state index contributed by atoms with van der Waals surface area (Å²) in [4.78, 5) is 6.90. The van der Waals surface area contributed by atoms with Gasteiger partial charge in [-0.15, -0.1) is 6.58 Å². The first-order chi connectivity index (χ1) is 5.75. The lowest BCUT2D eigenvalue weighted by Gasteiger charge is -2.06. The Labute approximate surface area is 85.1 Å². The Balaban J connectivity index is 2.58. The number of nitrogens with zero attached hydrogens (tertiary/aromatic N) is 1. The molecule has 0 radical (unpaired) electrons. The van der Waals surface area contributed by atoms with Crippen LogP contribution in [-0.2, 0) is 0 Å². The summed E-state index contributed by atoms with van der Waals surface area (Å²) < 4.78 is 0.837. The van der Waals surface area contributed by atoms with E-state index in [0.717, 1.165) is 15.8 Å². The van der Waals surface area contributed by atoms with Crippen molar-refractivity contribution in [1.82, 2.24) is 9.97 Å². The molecule has 0 saturated heterocycles. The molecule has 4 heteroatoms. The number of rotatable bonds is 4. The molecule has 0 aliphatic carbocycles. The minimum atomic E-state index is -0.447. The van der Waals surface area contributed by atoms with E-state index in [-0.39, 0.29) is 0 Å². The number of imidazole rings is 1. The van der Waals surface area contributed by atoms with E-state index in [0.29, 0.717) is 6.42 Å². The fourth-order valence-corrected chi connectivity index (χ4v) is 1.60. The van der Waals surface area contributed by atoms with Crippen molar-refractivity contribution in [2.75, 3.05) is 0 Å². The monoisotopic (exact) mass is 278 g/mol. The van der Waals surface area contributed by atoms with Crippen molar-refractivity contribution < 1.29 is 5.11 Å². The SMILES string of the molecule is C=CCC[C@H](O)c1[nH]cnc1I. The number of aliphatic hydroxyl groups is 1. The summed E-state index contributed by atoms with van der Waals surface area (Å²) in [6.45, 7) is 3.60. The number of nitrogens with one attached hydrogen (secondary N) is 1. The van der Waals surface area contributed by atoms with Crippen LogP contribution in [0.3, 0.4) is 0 Å². The molecule has 0 unspecified atom stereocenters. The zero-order chi connectivity index (χ0) is 8.97. The van der Waals surface area contributed by atoms with Gasteiger partial charge in [0, 0.05) is 0 Å². The molecular formula is C8H11IN2O. The van der Waals surface area contributed by atoms with Gasteiger partial charge < -0.3 is 10.1 Å². The third kappa shape index (κ3) is 2.31. The third-order valence-electron chi connectivity index (χ3n) is 1.60. The van der Waals surface area contributed by atoms with Crippen molar-refractivity contribution in [2.24, 2.45) is 0 Å². The second kappa shape index (κ2) is 4.61. The lowest BCUT2D eigenvalue weighted by Crippen LogP contribution is -1.99. The molecule has 3 nitrogen and oxygen atoms in total. The number of H-pyrrole nitrogens is 1. The van der Waals surface area contributed by atoms with Crippen molar-refractivity contribution in [3.63, 3.8) is 0 Å². The summed E-state index contributed by atoms with van der Waals surface area (Å²) in [7, 11) is 0. The van der Waals surface area contributed by atoms with Gasteiger partial charge in [-0.3, -0.25) is 0 Å². The van der Waals surface area contributed by atoms with Crippen LogP contribution in [0.15, 0.2) is 19.0 Å². The number of aromatic amines is 1.